The van der Waals surface area contributed by atoms with E-state index in [0.717, 1.165) is 18.0 Å². The van der Waals surface area contributed by atoms with Crippen molar-refractivity contribution in [3.05, 3.63) is 23.8 Å². The van der Waals surface area contributed by atoms with Gasteiger partial charge in [0.15, 0.2) is 11.5 Å². The highest BCUT2D eigenvalue weighted by molar-refractivity contribution is 5.43. The van der Waals surface area contributed by atoms with Crippen LogP contribution in [0.4, 0.5) is 0 Å². The quantitative estimate of drug-likeness (QED) is 0.660. The number of likely N-dealkylation sites (N-methyl/N-ethyl adjacent to an activating group) is 1. The molecular weight excluding hydrogens is 228 g/mol. The average molecular weight is 250 g/mol. The Morgan fingerprint density at radius 1 is 1.00 bits per heavy atom. The average Bonchev–Trinajstić information content (AvgIpc) is 2.41. The molecule has 0 spiro atoms. The molecule has 2 aliphatic rings. The van der Waals surface area contributed by atoms with E-state index in [1.54, 1.807) is 9.80 Å². The van der Waals surface area contributed by atoms with Gasteiger partial charge in [0, 0.05) is 5.56 Å². The molecule has 0 unspecified atom stereocenters. The first-order valence-corrected chi connectivity index (χ1v) is 6.84. The van der Waals surface area contributed by atoms with Crippen LogP contribution in [0.25, 0.3) is 0 Å². The summed E-state index contributed by atoms with van der Waals surface area (Å²) in [5.41, 5.74) is 1.36. The fraction of sp³-hybridized carbons (Fsp3) is 0.571. The third-order valence-electron chi connectivity index (χ3n) is 3.87. The van der Waals surface area contributed by atoms with Crippen LogP contribution in [0.5, 0.6) is 11.5 Å². The number of hydrogen-bond donors (Lipinski definition) is 2. The molecule has 2 heterocycles. The van der Waals surface area contributed by atoms with E-state index in [2.05, 4.69) is 19.2 Å². The van der Waals surface area contributed by atoms with Crippen molar-refractivity contribution in [2.75, 3.05) is 46.4 Å². The molecule has 0 saturated carbocycles. The van der Waals surface area contributed by atoms with E-state index < -0.39 is 0 Å². The summed E-state index contributed by atoms with van der Waals surface area (Å²) in [6, 6.07) is 6.36. The molecule has 0 aliphatic carbocycles. The highest BCUT2D eigenvalue weighted by Crippen LogP contribution is 2.30. The Bertz CT molecular complexity index is 414. The van der Waals surface area contributed by atoms with Crippen LogP contribution in [0.1, 0.15) is 5.56 Å². The van der Waals surface area contributed by atoms with Crippen LogP contribution in [0, 0.1) is 0 Å². The maximum absolute atomic E-state index is 5.63. The molecule has 2 aliphatic heterocycles. The molecule has 1 aromatic carbocycles. The second kappa shape index (κ2) is 5.16. The predicted octanol–water partition coefficient (Wildman–Crippen LogP) is -1.63. The van der Waals surface area contributed by atoms with Gasteiger partial charge in [0.2, 0.25) is 0 Å². The molecule has 3 rings (SSSR count). The monoisotopic (exact) mass is 250 g/mol. The van der Waals surface area contributed by atoms with Gasteiger partial charge in [-0.05, 0) is 18.2 Å². The van der Waals surface area contributed by atoms with Crippen LogP contribution in [0.2, 0.25) is 0 Å². The maximum Gasteiger partial charge on any atom is 0.161 e. The number of nitrogens with one attached hydrogen (secondary N) is 2. The summed E-state index contributed by atoms with van der Waals surface area (Å²) in [5.74, 6) is 1.81. The van der Waals surface area contributed by atoms with Gasteiger partial charge in [-0.25, -0.2) is 0 Å². The van der Waals surface area contributed by atoms with Crippen LogP contribution in [0.3, 0.4) is 0 Å². The standard InChI is InChI=1S/C14H20N2O2/c1-15-4-6-16(7-5-15)11-12-2-3-13-14(10-12)18-9-8-17-13/h2-3,10H,4-9,11H2,1H3/p+2. The molecule has 1 fully saturated rings. The van der Waals surface area contributed by atoms with Crippen molar-refractivity contribution in [2.45, 2.75) is 6.54 Å². The van der Waals surface area contributed by atoms with Crippen molar-refractivity contribution in [1.82, 2.24) is 0 Å². The van der Waals surface area contributed by atoms with Crippen molar-refractivity contribution in [3.63, 3.8) is 0 Å². The van der Waals surface area contributed by atoms with Crippen LogP contribution in [-0.2, 0) is 6.54 Å². The number of quaternary nitrogens is 2. The Kier molecular flexibility index (Phi) is 3.39. The maximum atomic E-state index is 5.63. The Labute approximate surface area is 108 Å². The van der Waals surface area contributed by atoms with E-state index in [1.807, 2.05) is 6.07 Å². The summed E-state index contributed by atoms with van der Waals surface area (Å²) in [6.45, 7) is 7.52. The van der Waals surface area contributed by atoms with E-state index in [0.29, 0.717) is 13.2 Å². The van der Waals surface area contributed by atoms with E-state index in [-0.39, 0.29) is 0 Å². The third kappa shape index (κ3) is 2.60. The van der Waals surface area contributed by atoms with Crippen LogP contribution < -0.4 is 19.3 Å². The van der Waals surface area contributed by atoms with Gasteiger partial charge < -0.3 is 19.3 Å². The van der Waals surface area contributed by atoms with Crippen molar-refractivity contribution in [2.24, 2.45) is 0 Å². The number of hydrogen-bond acceptors (Lipinski definition) is 2. The smallest absolute Gasteiger partial charge is 0.161 e. The molecule has 0 aromatic heterocycles. The molecule has 98 valence electrons. The molecule has 1 saturated heterocycles. The van der Waals surface area contributed by atoms with Crippen molar-refractivity contribution >= 4 is 0 Å². The lowest BCUT2D eigenvalue weighted by molar-refractivity contribution is -1.01. The first-order valence-electron chi connectivity index (χ1n) is 6.84. The van der Waals surface area contributed by atoms with E-state index in [9.17, 15) is 0 Å². The summed E-state index contributed by atoms with van der Waals surface area (Å²) >= 11 is 0. The van der Waals surface area contributed by atoms with Gasteiger partial charge in [-0.15, -0.1) is 0 Å². The van der Waals surface area contributed by atoms with Crippen molar-refractivity contribution in [3.8, 4) is 11.5 Å². The zero-order valence-electron chi connectivity index (χ0n) is 11.0. The van der Waals surface area contributed by atoms with Gasteiger partial charge in [0.05, 0.1) is 7.05 Å². The minimum Gasteiger partial charge on any atom is -0.486 e. The molecule has 4 heteroatoms. The lowest BCUT2D eigenvalue weighted by Gasteiger charge is -2.27. The Morgan fingerprint density at radius 2 is 1.72 bits per heavy atom. The second-order valence-corrected chi connectivity index (χ2v) is 5.36. The van der Waals surface area contributed by atoms with E-state index in [4.69, 9.17) is 9.47 Å². The van der Waals surface area contributed by atoms with Gasteiger partial charge in [-0.2, -0.15) is 0 Å². The summed E-state index contributed by atoms with van der Waals surface area (Å²) in [5, 5.41) is 0. The van der Waals surface area contributed by atoms with Gasteiger partial charge in [-0.1, -0.05) is 0 Å². The van der Waals surface area contributed by atoms with Crippen LogP contribution >= 0.6 is 0 Å². The van der Waals surface area contributed by atoms with Crippen molar-refractivity contribution in [1.29, 1.82) is 0 Å². The first-order chi connectivity index (χ1) is 8.81. The molecular formula is C14H22N2O2+2. The molecule has 1 aromatic rings. The zero-order valence-corrected chi connectivity index (χ0v) is 11.0. The fourth-order valence-corrected chi connectivity index (χ4v) is 2.69. The number of piperazine rings is 1. The van der Waals surface area contributed by atoms with E-state index >= 15 is 0 Å². The normalized spacial score (nSPS) is 26.9. The fourth-order valence-electron chi connectivity index (χ4n) is 2.69. The number of rotatable bonds is 2. The molecule has 0 amide bonds. The third-order valence-corrected chi connectivity index (χ3v) is 3.87. The summed E-state index contributed by atoms with van der Waals surface area (Å²) in [4.78, 5) is 3.33. The van der Waals surface area contributed by atoms with Crippen LogP contribution in [-0.4, -0.2) is 46.4 Å². The van der Waals surface area contributed by atoms with Crippen molar-refractivity contribution < 1.29 is 19.3 Å². The Morgan fingerprint density at radius 3 is 2.50 bits per heavy atom. The summed E-state index contributed by atoms with van der Waals surface area (Å²) in [6.07, 6.45) is 0. The minimum atomic E-state index is 0.666. The predicted molar refractivity (Wildman–Crippen MR) is 68.5 cm³/mol. The van der Waals surface area contributed by atoms with Crippen LogP contribution in [0.15, 0.2) is 18.2 Å². The largest absolute Gasteiger partial charge is 0.486 e. The molecule has 0 radical (unpaired) electrons. The highest BCUT2D eigenvalue weighted by atomic mass is 16.6. The molecule has 0 bridgehead atoms. The molecule has 0 atom stereocenters. The lowest BCUT2D eigenvalue weighted by Crippen LogP contribution is -3.26. The Hall–Kier alpha value is -1.26. The number of benzene rings is 1. The second-order valence-electron chi connectivity index (χ2n) is 5.36. The SMILES string of the molecule is C[NH+]1CC[NH+](Cc2ccc3c(c2)OCCO3)CC1. The van der Waals surface area contributed by atoms with Gasteiger partial charge in [0.1, 0.15) is 45.9 Å². The molecule has 4 nitrogen and oxygen atoms in total. The topological polar surface area (TPSA) is 27.3 Å². The first kappa shape index (κ1) is 11.8. The highest BCUT2D eigenvalue weighted by Gasteiger charge is 2.21. The number of ether oxygens (including phenoxy) is 2. The molecule has 18 heavy (non-hydrogen) atoms. The lowest BCUT2D eigenvalue weighted by atomic mass is 10.1. The minimum absolute atomic E-state index is 0.666. The summed E-state index contributed by atoms with van der Waals surface area (Å²) in [7, 11) is 2.28. The summed E-state index contributed by atoms with van der Waals surface area (Å²) < 4.78 is 11.2. The Balaban J connectivity index is 1.66. The number of fused-ring (bicyclic) bond motifs is 1. The van der Waals surface area contributed by atoms with E-state index in [1.165, 1.54) is 31.7 Å². The molecule has 2 N–H and O–H groups in total. The zero-order chi connectivity index (χ0) is 12.4. The van der Waals surface area contributed by atoms with Gasteiger partial charge in [-0.3, -0.25) is 0 Å². The van der Waals surface area contributed by atoms with Gasteiger partial charge in [0.25, 0.3) is 0 Å². The van der Waals surface area contributed by atoms with Gasteiger partial charge >= 0.3 is 0 Å².